The molecule has 2 aliphatic rings. The van der Waals surface area contributed by atoms with Crippen LogP contribution in [-0.4, -0.2) is 65.4 Å². The molecule has 1 saturated heterocycles. The van der Waals surface area contributed by atoms with E-state index in [1.165, 1.54) is 9.80 Å². The molecule has 1 aromatic heterocycles. The number of piperidine rings is 1. The van der Waals surface area contributed by atoms with E-state index >= 15 is 0 Å². The molecule has 1 aromatic rings. The van der Waals surface area contributed by atoms with Gasteiger partial charge in [0.2, 0.25) is 0 Å². The second kappa shape index (κ2) is 9.19. The van der Waals surface area contributed by atoms with Crippen molar-refractivity contribution in [3.05, 3.63) is 16.0 Å². The average molecular weight is 470 g/mol. The number of nitrogens with zero attached hydrogens (tertiary/aromatic N) is 3. The number of amides is 1. The van der Waals surface area contributed by atoms with Crippen LogP contribution in [0.2, 0.25) is 0 Å². The molecule has 5 nitrogen and oxygen atoms in total. The molecule has 0 aliphatic carbocycles. The maximum Gasteiger partial charge on any atom is 0.390 e. The van der Waals surface area contributed by atoms with Gasteiger partial charge in [0, 0.05) is 37.3 Å². The van der Waals surface area contributed by atoms with E-state index in [2.05, 4.69) is 0 Å². The van der Waals surface area contributed by atoms with Crippen molar-refractivity contribution < 1.29 is 31.9 Å². The van der Waals surface area contributed by atoms with Gasteiger partial charge < -0.3 is 14.9 Å². The Bertz CT molecular complexity index is 791. The van der Waals surface area contributed by atoms with Gasteiger partial charge in [-0.2, -0.15) is 13.2 Å². The van der Waals surface area contributed by atoms with Crippen LogP contribution in [0.15, 0.2) is 0 Å². The molecule has 11 heteroatoms. The zero-order valence-corrected chi connectivity index (χ0v) is 18.5. The predicted octanol–water partition coefficient (Wildman–Crippen LogP) is 4.61. The molecule has 0 saturated carbocycles. The molecule has 0 spiro atoms. The van der Waals surface area contributed by atoms with Gasteiger partial charge in [0.1, 0.15) is 4.88 Å². The van der Waals surface area contributed by atoms with E-state index in [-0.39, 0.29) is 48.9 Å². The molecular weight excluding hydrogens is 441 g/mol. The van der Waals surface area contributed by atoms with E-state index < -0.39 is 30.5 Å². The first-order chi connectivity index (χ1) is 14.5. The van der Waals surface area contributed by atoms with E-state index in [1.807, 2.05) is 13.8 Å². The highest BCUT2D eigenvalue weighted by molar-refractivity contribution is 7.18. The third-order valence-electron chi connectivity index (χ3n) is 6.23. The zero-order chi connectivity index (χ0) is 23.0. The fraction of sp³-hybridized carbons (Fsp3) is 0.750. The predicted molar refractivity (Wildman–Crippen MR) is 109 cm³/mol. The summed E-state index contributed by atoms with van der Waals surface area (Å²) < 4.78 is 66.5. The Balaban J connectivity index is 1.92. The number of likely N-dealkylation sites (tertiary alicyclic amines) is 1. The number of hydrogen-bond acceptors (Lipinski definition) is 5. The fourth-order valence-corrected chi connectivity index (χ4v) is 5.42. The lowest BCUT2D eigenvalue weighted by atomic mass is 9.89. The minimum Gasteiger partial charge on any atom is -0.390 e. The van der Waals surface area contributed by atoms with E-state index in [9.17, 15) is 31.9 Å². The van der Waals surface area contributed by atoms with Crippen LogP contribution in [0.5, 0.6) is 0 Å². The monoisotopic (exact) mass is 469 g/mol. The fourth-order valence-electron chi connectivity index (χ4n) is 4.11. The molecule has 31 heavy (non-hydrogen) atoms. The highest BCUT2D eigenvalue weighted by Gasteiger charge is 2.39. The van der Waals surface area contributed by atoms with Gasteiger partial charge >= 0.3 is 6.18 Å². The van der Waals surface area contributed by atoms with E-state index in [4.69, 9.17) is 0 Å². The van der Waals surface area contributed by atoms with E-state index in [1.54, 1.807) is 4.90 Å². The van der Waals surface area contributed by atoms with Gasteiger partial charge in [0.25, 0.3) is 12.3 Å². The van der Waals surface area contributed by atoms with E-state index in [0.717, 1.165) is 11.3 Å². The van der Waals surface area contributed by atoms with Gasteiger partial charge in [0.15, 0.2) is 0 Å². The molecule has 3 heterocycles. The lowest BCUT2D eigenvalue weighted by molar-refractivity contribution is -0.132. The van der Waals surface area contributed by atoms with Gasteiger partial charge in [-0.25, -0.2) is 8.78 Å². The molecule has 176 valence electrons. The van der Waals surface area contributed by atoms with Crippen molar-refractivity contribution in [3.63, 3.8) is 0 Å². The number of alkyl halides is 5. The highest BCUT2D eigenvalue weighted by atomic mass is 32.1. The van der Waals surface area contributed by atoms with Crippen molar-refractivity contribution in [3.8, 4) is 0 Å². The highest BCUT2D eigenvalue weighted by Crippen LogP contribution is 2.45. The third-order valence-corrected chi connectivity index (χ3v) is 7.53. The molecule has 3 rings (SSSR count). The van der Waals surface area contributed by atoms with Crippen molar-refractivity contribution in [1.29, 1.82) is 0 Å². The summed E-state index contributed by atoms with van der Waals surface area (Å²) in [7, 11) is 0. The molecule has 0 aromatic carbocycles. The van der Waals surface area contributed by atoms with E-state index in [0.29, 0.717) is 30.8 Å². The molecular formula is C20H28F5N3O2S. The Morgan fingerprint density at radius 2 is 1.87 bits per heavy atom. The summed E-state index contributed by atoms with van der Waals surface area (Å²) in [6.45, 7) is 4.70. The Labute approximate surface area is 182 Å². The third kappa shape index (κ3) is 5.31. The molecule has 0 bridgehead atoms. The second-order valence-electron chi connectivity index (χ2n) is 8.21. The van der Waals surface area contributed by atoms with Crippen LogP contribution < -0.4 is 4.90 Å². The molecule has 1 fully saturated rings. The van der Waals surface area contributed by atoms with Crippen LogP contribution in [-0.2, 0) is 6.54 Å². The maximum absolute atomic E-state index is 14.1. The van der Waals surface area contributed by atoms with Crippen molar-refractivity contribution in [2.24, 2.45) is 0 Å². The molecule has 1 N–H and O–H groups in total. The first-order valence-electron chi connectivity index (χ1n) is 10.5. The summed E-state index contributed by atoms with van der Waals surface area (Å²) in [4.78, 5) is 17.7. The van der Waals surface area contributed by atoms with Crippen LogP contribution in [0.25, 0.3) is 0 Å². The molecule has 0 atom stereocenters. The Morgan fingerprint density at radius 1 is 1.23 bits per heavy atom. The Morgan fingerprint density at radius 3 is 2.39 bits per heavy atom. The van der Waals surface area contributed by atoms with Crippen molar-refractivity contribution in [2.75, 3.05) is 37.7 Å². The van der Waals surface area contributed by atoms with Crippen molar-refractivity contribution in [1.82, 2.24) is 9.80 Å². The minimum atomic E-state index is -4.36. The summed E-state index contributed by atoms with van der Waals surface area (Å²) in [5.41, 5.74) is -0.968. The van der Waals surface area contributed by atoms with Gasteiger partial charge in [-0.05, 0) is 25.8 Å². The number of anilines is 1. The summed E-state index contributed by atoms with van der Waals surface area (Å²) in [6.07, 6.45) is -7.04. The number of fused-ring (bicyclic) bond motifs is 1. The minimum absolute atomic E-state index is 0.100. The number of aliphatic hydroxyl groups is 1. The van der Waals surface area contributed by atoms with Crippen LogP contribution in [0.4, 0.5) is 27.0 Å². The van der Waals surface area contributed by atoms with Crippen LogP contribution in [0.3, 0.4) is 0 Å². The topological polar surface area (TPSA) is 47.0 Å². The Kier molecular flexibility index (Phi) is 7.17. The summed E-state index contributed by atoms with van der Waals surface area (Å²) in [6, 6.07) is 0. The number of carbonyl (C=O) groups is 1. The summed E-state index contributed by atoms with van der Waals surface area (Å²) >= 11 is 0.867. The molecule has 1 amide bonds. The van der Waals surface area contributed by atoms with Crippen molar-refractivity contribution in [2.45, 2.75) is 64.3 Å². The van der Waals surface area contributed by atoms with Crippen LogP contribution >= 0.6 is 11.3 Å². The number of hydrogen-bond donors (Lipinski definition) is 1. The normalized spacial score (nSPS) is 19.8. The lowest BCUT2D eigenvalue weighted by Gasteiger charge is -2.37. The zero-order valence-electron chi connectivity index (χ0n) is 17.6. The van der Waals surface area contributed by atoms with Gasteiger partial charge in [-0.15, -0.1) is 11.3 Å². The Hall–Kier alpha value is -1.46. The largest absolute Gasteiger partial charge is 0.390 e. The molecule has 0 radical (unpaired) electrons. The quantitative estimate of drug-likeness (QED) is 0.618. The summed E-state index contributed by atoms with van der Waals surface area (Å²) in [5.74, 6) is -0.535. The van der Waals surface area contributed by atoms with Gasteiger partial charge in [0.05, 0.1) is 23.7 Å². The first kappa shape index (κ1) is 24.2. The van der Waals surface area contributed by atoms with Crippen LogP contribution in [0, 0.1) is 0 Å². The lowest BCUT2D eigenvalue weighted by Crippen LogP contribution is -2.46. The SMILES string of the molecule is CCN1Cc2c(sc(C(=O)N3CCC(O)(CC)CC3)c2C(F)F)N(CCC(F)(F)F)C1. The number of carbonyl (C=O) groups excluding carboxylic acids is 1. The average Bonchev–Trinajstić information content (AvgIpc) is 3.11. The first-order valence-corrected chi connectivity index (χ1v) is 11.3. The smallest absolute Gasteiger partial charge is 0.390 e. The van der Waals surface area contributed by atoms with Crippen molar-refractivity contribution >= 4 is 22.2 Å². The van der Waals surface area contributed by atoms with Crippen LogP contribution in [0.1, 0.15) is 66.8 Å². The standard InChI is InChI=1S/C20H28F5N3O2S/c1-3-19(30)5-8-27(9-6-19)17(29)15-14(16(21)22)13-11-26(4-2)12-28(18(13)31-15)10-7-20(23,24)25/h16,30H,3-12H2,1-2H3. The number of halogens is 5. The number of thiophene rings is 1. The molecule has 0 unspecified atom stereocenters. The number of rotatable bonds is 6. The summed E-state index contributed by atoms with van der Waals surface area (Å²) in [5, 5.41) is 10.7. The maximum atomic E-state index is 14.1. The second-order valence-corrected chi connectivity index (χ2v) is 9.21. The molecule has 2 aliphatic heterocycles. The van der Waals surface area contributed by atoms with Gasteiger partial charge in [-0.3, -0.25) is 9.69 Å². The van der Waals surface area contributed by atoms with Gasteiger partial charge in [-0.1, -0.05) is 13.8 Å².